The molecule has 2 saturated heterocycles. The van der Waals surface area contributed by atoms with Gasteiger partial charge in [-0.25, -0.2) is 9.69 Å². The summed E-state index contributed by atoms with van der Waals surface area (Å²) in [5.41, 5.74) is 1.26. The number of rotatable bonds is 7. The Bertz CT molecular complexity index is 940. The number of aliphatic hydroxyl groups excluding tert-OH is 1. The molecule has 1 unspecified atom stereocenters. The summed E-state index contributed by atoms with van der Waals surface area (Å²) in [7, 11) is 6.29. The number of methoxy groups -OCH3 is 2. The molecule has 2 fully saturated rings. The summed E-state index contributed by atoms with van der Waals surface area (Å²) in [6, 6.07) is 2.43. The summed E-state index contributed by atoms with van der Waals surface area (Å²) in [6.07, 6.45) is -1.64. The molecular formula is C22H28N2O7S2. The maximum absolute atomic E-state index is 13.4. The lowest BCUT2D eigenvalue weighted by Crippen LogP contribution is -2.51. The maximum atomic E-state index is 13.4. The lowest BCUT2D eigenvalue weighted by molar-refractivity contribution is 0.0461. The second-order valence-electron chi connectivity index (χ2n) is 8.20. The van der Waals surface area contributed by atoms with Gasteiger partial charge < -0.3 is 29.0 Å². The van der Waals surface area contributed by atoms with Gasteiger partial charge in [-0.1, -0.05) is 33.7 Å². The zero-order chi connectivity index (χ0) is 23.7. The third-order valence-corrected chi connectivity index (χ3v) is 9.01. The van der Waals surface area contributed by atoms with Gasteiger partial charge in [0.05, 0.1) is 50.0 Å². The minimum absolute atomic E-state index is 0.0398. The van der Waals surface area contributed by atoms with E-state index in [-0.39, 0.29) is 29.0 Å². The van der Waals surface area contributed by atoms with Gasteiger partial charge in [-0.3, -0.25) is 4.79 Å². The molecule has 3 heterocycles. The van der Waals surface area contributed by atoms with Crippen molar-refractivity contribution in [1.29, 1.82) is 0 Å². The standard InChI is InChI=1S/C22H28N2O7S2/c1-12-5-17-21(26)24(22(27)31-9-13(2)32-33-14-10-30-11-14)16-7-19(29-4)18(28-3)6-15(16)20(25)23(17)8-12/h6-7,13-14,17,21,26H,1,5,8-11H2,2-4H3/t13-,17+,21?/m1/s1. The molecule has 1 aromatic rings. The van der Waals surface area contributed by atoms with Crippen molar-refractivity contribution >= 4 is 39.3 Å². The molecule has 1 aromatic carbocycles. The van der Waals surface area contributed by atoms with Crippen LogP contribution in [0.15, 0.2) is 24.3 Å². The topological polar surface area (TPSA) is 97.8 Å². The van der Waals surface area contributed by atoms with Gasteiger partial charge in [-0.2, -0.15) is 0 Å². The Morgan fingerprint density at radius 1 is 1.30 bits per heavy atom. The normalized spacial score (nSPS) is 23.4. The van der Waals surface area contributed by atoms with Gasteiger partial charge in [0, 0.05) is 17.9 Å². The predicted octanol–water partition coefficient (Wildman–Crippen LogP) is 2.92. The number of anilines is 1. The van der Waals surface area contributed by atoms with Crippen molar-refractivity contribution in [3.63, 3.8) is 0 Å². The molecule has 180 valence electrons. The van der Waals surface area contributed by atoms with Crippen molar-refractivity contribution in [2.75, 3.05) is 45.5 Å². The number of nitrogens with zero attached hydrogens (tertiary/aromatic N) is 2. The SMILES string of the molecule is C=C1C[C@H]2C(O)N(C(=O)OC[C@@H](C)SSC3COC3)c3cc(OC)c(OC)cc3C(=O)N2C1. The van der Waals surface area contributed by atoms with E-state index in [0.29, 0.717) is 29.7 Å². The van der Waals surface area contributed by atoms with Crippen LogP contribution in [0.1, 0.15) is 23.7 Å². The van der Waals surface area contributed by atoms with Crippen LogP contribution in [0.25, 0.3) is 0 Å². The molecule has 0 spiro atoms. The fourth-order valence-electron chi connectivity index (χ4n) is 3.96. The molecule has 4 rings (SSSR count). The van der Waals surface area contributed by atoms with Crippen molar-refractivity contribution in [2.45, 2.75) is 36.1 Å². The minimum atomic E-state index is -1.30. The average Bonchev–Trinajstić information content (AvgIpc) is 3.14. The van der Waals surface area contributed by atoms with Crippen molar-refractivity contribution in [3.05, 3.63) is 29.8 Å². The molecule has 0 aliphatic carbocycles. The summed E-state index contributed by atoms with van der Waals surface area (Å²) in [5, 5.41) is 11.7. The number of hydrogen-bond donors (Lipinski definition) is 1. The molecule has 3 aliphatic rings. The highest BCUT2D eigenvalue weighted by Crippen LogP contribution is 2.42. The van der Waals surface area contributed by atoms with Crippen LogP contribution in [-0.4, -0.2) is 85.4 Å². The first-order valence-corrected chi connectivity index (χ1v) is 12.9. The van der Waals surface area contributed by atoms with Gasteiger partial charge >= 0.3 is 6.09 Å². The molecule has 3 atom stereocenters. The Kier molecular flexibility index (Phi) is 7.32. The largest absolute Gasteiger partial charge is 0.493 e. The van der Waals surface area contributed by atoms with Crippen LogP contribution in [-0.2, 0) is 9.47 Å². The molecule has 0 bridgehead atoms. The Hall–Kier alpha value is -2.08. The lowest BCUT2D eigenvalue weighted by Gasteiger charge is -2.32. The second-order valence-corrected chi connectivity index (χ2v) is 11.2. The molecule has 11 heteroatoms. The average molecular weight is 497 g/mol. The van der Waals surface area contributed by atoms with E-state index in [0.717, 1.165) is 23.7 Å². The van der Waals surface area contributed by atoms with E-state index in [9.17, 15) is 14.7 Å². The molecule has 2 amide bonds. The molecule has 0 aromatic heterocycles. The first-order valence-electron chi connectivity index (χ1n) is 10.6. The molecule has 0 saturated carbocycles. The van der Waals surface area contributed by atoms with E-state index in [1.54, 1.807) is 26.5 Å². The van der Waals surface area contributed by atoms with Gasteiger partial charge in [0.2, 0.25) is 0 Å². The van der Waals surface area contributed by atoms with E-state index in [1.165, 1.54) is 26.4 Å². The number of ether oxygens (including phenoxy) is 4. The third-order valence-electron chi connectivity index (χ3n) is 5.76. The third kappa shape index (κ3) is 4.77. The number of fused-ring (bicyclic) bond motifs is 2. The Morgan fingerprint density at radius 3 is 2.64 bits per heavy atom. The van der Waals surface area contributed by atoms with Gasteiger partial charge in [-0.05, 0) is 19.4 Å². The van der Waals surface area contributed by atoms with Crippen LogP contribution >= 0.6 is 21.6 Å². The summed E-state index contributed by atoms with van der Waals surface area (Å²) in [6.45, 7) is 7.89. The van der Waals surface area contributed by atoms with E-state index < -0.39 is 18.4 Å². The smallest absolute Gasteiger partial charge is 0.416 e. The van der Waals surface area contributed by atoms with Crippen LogP contribution < -0.4 is 14.4 Å². The first-order chi connectivity index (χ1) is 15.8. The fourth-order valence-corrected chi connectivity index (χ4v) is 6.28. The van der Waals surface area contributed by atoms with Gasteiger partial charge in [0.1, 0.15) is 6.61 Å². The Balaban J connectivity index is 1.60. The van der Waals surface area contributed by atoms with E-state index in [1.807, 2.05) is 6.92 Å². The Morgan fingerprint density at radius 2 is 2.00 bits per heavy atom. The van der Waals surface area contributed by atoms with Gasteiger partial charge in [0.15, 0.2) is 17.7 Å². The second kappa shape index (κ2) is 10.0. The van der Waals surface area contributed by atoms with Crippen LogP contribution in [0, 0.1) is 0 Å². The monoisotopic (exact) mass is 496 g/mol. The van der Waals surface area contributed by atoms with E-state index in [2.05, 4.69) is 6.58 Å². The highest BCUT2D eigenvalue weighted by molar-refractivity contribution is 8.77. The number of carbonyl (C=O) groups excluding carboxylic acids is 2. The summed E-state index contributed by atoms with van der Waals surface area (Å²) in [4.78, 5) is 29.3. The molecule has 33 heavy (non-hydrogen) atoms. The molecule has 1 N–H and O–H groups in total. The van der Waals surface area contributed by atoms with Crippen molar-refractivity contribution in [1.82, 2.24) is 4.90 Å². The zero-order valence-corrected chi connectivity index (χ0v) is 20.4. The van der Waals surface area contributed by atoms with Crippen molar-refractivity contribution in [2.24, 2.45) is 0 Å². The number of amides is 2. The fraction of sp³-hybridized carbons (Fsp3) is 0.545. The van der Waals surface area contributed by atoms with Crippen LogP contribution in [0.5, 0.6) is 11.5 Å². The Labute approximate surface area is 200 Å². The predicted molar refractivity (Wildman–Crippen MR) is 127 cm³/mol. The van der Waals surface area contributed by atoms with Gasteiger partial charge in [-0.15, -0.1) is 0 Å². The summed E-state index contributed by atoms with van der Waals surface area (Å²) < 4.78 is 21.5. The molecule has 0 radical (unpaired) electrons. The number of aliphatic hydroxyl groups is 1. The van der Waals surface area contributed by atoms with Crippen LogP contribution in [0.3, 0.4) is 0 Å². The van der Waals surface area contributed by atoms with Crippen LogP contribution in [0.4, 0.5) is 10.5 Å². The molecule has 3 aliphatic heterocycles. The molecule has 9 nitrogen and oxygen atoms in total. The van der Waals surface area contributed by atoms with Crippen molar-refractivity contribution in [3.8, 4) is 11.5 Å². The van der Waals surface area contributed by atoms with Crippen molar-refractivity contribution < 1.29 is 33.6 Å². The number of hydrogen-bond acceptors (Lipinski definition) is 9. The van der Waals surface area contributed by atoms with Crippen LogP contribution in [0.2, 0.25) is 0 Å². The summed E-state index contributed by atoms with van der Waals surface area (Å²) >= 11 is 0. The number of benzene rings is 1. The summed E-state index contributed by atoms with van der Waals surface area (Å²) in [5.74, 6) is 0.376. The molecular weight excluding hydrogens is 468 g/mol. The van der Waals surface area contributed by atoms with E-state index in [4.69, 9.17) is 18.9 Å². The van der Waals surface area contributed by atoms with E-state index >= 15 is 0 Å². The quantitative estimate of drug-likeness (QED) is 0.451. The highest BCUT2D eigenvalue weighted by Gasteiger charge is 2.46. The minimum Gasteiger partial charge on any atom is -0.493 e. The maximum Gasteiger partial charge on any atom is 0.416 e. The highest BCUT2D eigenvalue weighted by atomic mass is 33.1. The van der Waals surface area contributed by atoms with Gasteiger partial charge in [0.25, 0.3) is 5.91 Å². The first kappa shape index (κ1) is 24.1. The lowest BCUT2D eigenvalue weighted by atomic mass is 10.1. The number of carbonyl (C=O) groups is 2. The zero-order valence-electron chi connectivity index (χ0n) is 18.8.